The van der Waals surface area contributed by atoms with Gasteiger partial charge in [0, 0.05) is 21.9 Å². The van der Waals surface area contributed by atoms with Gasteiger partial charge in [0.15, 0.2) is 0 Å². The second-order valence-corrected chi connectivity index (χ2v) is 4.80. The van der Waals surface area contributed by atoms with Gasteiger partial charge in [0.25, 0.3) is 0 Å². The molecule has 1 aliphatic rings. The van der Waals surface area contributed by atoms with Gasteiger partial charge in [-0.1, -0.05) is 0 Å². The van der Waals surface area contributed by atoms with Gasteiger partial charge in [0.05, 0.1) is 5.69 Å². The lowest BCUT2D eigenvalue weighted by Crippen LogP contribution is -1.82. The minimum Gasteiger partial charge on any atom is -0.306 e. The molecule has 1 fully saturated rings. The molecule has 0 spiro atoms. The van der Waals surface area contributed by atoms with Crippen LogP contribution < -0.4 is 0 Å². The normalized spacial score (nSPS) is 16.7. The Balaban J connectivity index is 2.20. The molecule has 0 aromatic carbocycles. The number of fused-ring (bicyclic) bond motifs is 1. The molecule has 2 heterocycles. The van der Waals surface area contributed by atoms with Crippen LogP contribution in [0, 0.1) is 3.57 Å². The van der Waals surface area contributed by atoms with Crippen molar-refractivity contribution in [3.05, 3.63) is 33.8 Å². The fourth-order valence-electron chi connectivity index (χ4n) is 1.56. The molecule has 13 heavy (non-hydrogen) atoms. The van der Waals surface area contributed by atoms with Crippen molar-refractivity contribution in [3.63, 3.8) is 0 Å². The van der Waals surface area contributed by atoms with Gasteiger partial charge in [-0.15, -0.1) is 0 Å². The zero-order valence-electron chi connectivity index (χ0n) is 7.07. The summed E-state index contributed by atoms with van der Waals surface area (Å²) >= 11 is 2.32. The third-order valence-electron chi connectivity index (χ3n) is 2.43. The molecule has 0 N–H and O–H groups in total. The van der Waals surface area contributed by atoms with Gasteiger partial charge in [0.1, 0.15) is 5.65 Å². The van der Waals surface area contributed by atoms with Gasteiger partial charge in [-0.05, 0) is 47.6 Å². The number of hydrogen-bond donors (Lipinski definition) is 0. The quantitative estimate of drug-likeness (QED) is 0.736. The lowest BCUT2D eigenvalue weighted by atomic mass is 10.3. The minimum atomic E-state index is 0.748. The number of pyridine rings is 1. The van der Waals surface area contributed by atoms with Crippen LogP contribution in [0.1, 0.15) is 24.5 Å². The van der Waals surface area contributed by atoms with Crippen LogP contribution in [-0.2, 0) is 0 Å². The van der Waals surface area contributed by atoms with Crippen molar-refractivity contribution in [2.75, 3.05) is 0 Å². The predicted molar refractivity (Wildman–Crippen MR) is 59.9 cm³/mol. The average Bonchev–Trinajstić information content (AvgIpc) is 2.87. The van der Waals surface area contributed by atoms with Crippen LogP contribution in [0.25, 0.3) is 5.65 Å². The molecule has 0 radical (unpaired) electrons. The number of hydrogen-bond acceptors (Lipinski definition) is 1. The molecule has 0 aliphatic heterocycles. The molecule has 0 bridgehead atoms. The monoisotopic (exact) mass is 284 g/mol. The largest absolute Gasteiger partial charge is 0.306 e. The third kappa shape index (κ3) is 1.35. The minimum absolute atomic E-state index is 0.748. The summed E-state index contributed by atoms with van der Waals surface area (Å²) in [6, 6.07) is 4.17. The number of nitrogens with zero attached hydrogens (tertiary/aromatic N) is 2. The van der Waals surface area contributed by atoms with Crippen LogP contribution >= 0.6 is 22.6 Å². The topological polar surface area (TPSA) is 17.3 Å². The van der Waals surface area contributed by atoms with Crippen molar-refractivity contribution in [1.82, 2.24) is 9.38 Å². The molecule has 0 unspecified atom stereocenters. The van der Waals surface area contributed by atoms with E-state index in [2.05, 4.69) is 56.5 Å². The maximum Gasteiger partial charge on any atom is 0.137 e. The lowest BCUT2D eigenvalue weighted by Gasteiger charge is -1.91. The molecule has 3 heteroatoms. The van der Waals surface area contributed by atoms with Gasteiger partial charge in [-0.3, -0.25) is 0 Å². The fourth-order valence-corrected chi connectivity index (χ4v) is 2.04. The van der Waals surface area contributed by atoms with Crippen LogP contribution in [0.3, 0.4) is 0 Å². The Morgan fingerprint density at radius 3 is 2.92 bits per heavy atom. The van der Waals surface area contributed by atoms with Crippen LogP contribution in [0.2, 0.25) is 0 Å². The Bertz CT molecular complexity index is 457. The van der Waals surface area contributed by atoms with Crippen molar-refractivity contribution in [1.29, 1.82) is 0 Å². The summed E-state index contributed by atoms with van der Waals surface area (Å²) in [5.41, 5.74) is 2.34. The molecule has 66 valence electrons. The summed E-state index contributed by atoms with van der Waals surface area (Å²) in [5.74, 6) is 0.748. The van der Waals surface area contributed by atoms with Gasteiger partial charge in [-0.2, -0.15) is 0 Å². The zero-order valence-corrected chi connectivity index (χ0v) is 9.23. The van der Waals surface area contributed by atoms with E-state index in [0.717, 1.165) is 11.6 Å². The van der Waals surface area contributed by atoms with Gasteiger partial charge < -0.3 is 4.40 Å². The van der Waals surface area contributed by atoms with Crippen molar-refractivity contribution in [2.24, 2.45) is 0 Å². The van der Waals surface area contributed by atoms with E-state index in [4.69, 9.17) is 0 Å². The summed E-state index contributed by atoms with van der Waals surface area (Å²) in [6.07, 6.45) is 6.92. The van der Waals surface area contributed by atoms with E-state index in [1.54, 1.807) is 0 Å². The van der Waals surface area contributed by atoms with Crippen molar-refractivity contribution in [3.8, 4) is 0 Å². The maximum atomic E-state index is 4.58. The second kappa shape index (κ2) is 2.70. The Kier molecular flexibility index (Phi) is 1.62. The van der Waals surface area contributed by atoms with Crippen molar-refractivity contribution >= 4 is 28.2 Å². The Hall–Kier alpha value is -0.580. The van der Waals surface area contributed by atoms with Crippen LogP contribution in [-0.4, -0.2) is 9.38 Å². The Morgan fingerprint density at radius 1 is 1.31 bits per heavy atom. The van der Waals surface area contributed by atoms with E-state index in [1.807, 2.05) is 0 Å². The van der Waals surface area contributed by atoms with Crippen LogP contribution in [0.15, 0.2) is 24.5 Å². The Morgan fingerprint density at radius 2 is 2.15 bits per heavy atom. The van der Waals surface area contributed by atoms with E-state index in [-0.39, 0.29) is 0 Å². The predicted octanol–water partition coefficient (Wildman–Crippen LogP) is 2.82. The third-order valence-corrected chi connectivity index (χ3v) is 3.07. The number of imidazole rings is 1. The van der Waals surface area contributed by atoms with E-state index < -0.39 is 0 Å². The molecular weight excluding hydrogens is 275 g/mol. The SMILES string of the molecule is Ic1ccc2nc(C3CC3)cn2c1. The van der Waals surface area contributed by atoms with Crippen molar-refractivity contribution in [2.45, 2.75) is 18.8 Å². The molecule has 3 rings (SSSR count). The molecule has 0 atom stereocenters. The maximum absolute atomic E-state index is 4.58. The average molecular weight is 284 g/mol. The highest BCUT2D eigenvalue weighted by Crippen LogP contribution is 2.39. The fraction of sp³-hybridized carbons (Fsp3) is 0.300. The highest BCUT2D eigenvalue weighted by atomic mass is 127. The molecule has 0 amide bonds. The second-order valence-electron chi connectivity index (χ2n) is 3.55. The van der Waals surface area contributed by atoms with Crippen LogP contribution in [0.4, 0.5) is 0 Å². The van der Waals surface area contributed by atoms with Crippen molar-refractivity contribution < 1.29 is 0 Å². The summed E-state index contributed by atoms with van der Waals surface area (Å²) in [5, 5.41) is 0. The molecule has 2 aromatic heterocycles. The standard InChI is InChI=1S/C10H9IN2/c11-8-3-4-10-12-9(7-1-2-7)6-13(10)5-8/h3-7H,1-2H2. The zero-order chi connectivity index (χ0) is 8.84. The molecule has 1 aliphatic carbocycles. The number of rotatable bonds is 1. The Labute approximate surface area is 90.1 Å². The molecule has 2 nitrogen and oxygen atoms in total. The first-order valence-electron chi connectivity index (χ1n) is 4.47. The van der Waals surface area contributed by atoms with Gasteiger partial charge in [0.2, 0.25) is 0 Å². The summed E-state index contributed by atoms with van der Waals surface area (Å²) in [7, 11) is 0. The summed E-state index contributed by atoms with van der Waals surface area (Å²) in [6.45, 7) is 0. The summed E-state index contributed by atoms with van der Waals surface area (Å²) in [4.78, 5) is 4.58. The molecule has 2 aromatic rings. The van der Waals surface area contributed by atoms with E-state index >= 15 is 0 Å². The molecular formula is C10H9IN2. The van der Waals surface area contributed by atoms with E-state index in [0.29, 0.717) is 0 Å². The van der Waals surface area contributed by atoms with Gasteiger partial charge >= 0.3 is 0 Å². The first-order chi connectivity index (χ1) is 6.33. The molecule has 1 saturated carbocycles. The van der Waals surface area contributed by atoms with Gasteiger partial charge in [-0.25, -0.2) is 4.98 Å². The molecule has 0 saturated heterocycles. The summed E-state index contributed by atoms with van der Waals surface area (Å²) < 4.78 is 3.37. The highest BCUT2D eigenvalue weighted by Gasteiger charge is 2.25. The number of halogens is 1. The lowest BCUT2D eigenvalue weighted by molar-refractivity contribution is 1.06. The van der Waals surface area contributed by atoms with E-state index in [1.165, 1.54) is 22.1 Å². The number of aromatic nitrogens is 2. The first-order valence-corrected chi connectivity index (χ1v) is 5.55. The highest BCUT2D eigenvalue weighted by molar-refractivity contribution is 14.1. The van der Waals surface area contributed by atoms with Crippen LogP contribution in [0.5, 0.6) is 0 Å². The van der Waals surface area contributed by atoms with E-state index in [9.17, 15) is 0 Å². The first kappa shape index (κ1) is 7.79. The smallest absolute Gasteiger partial charge is 0.137 e.